The summed E-state index contributed by atoms with van der Waals surface area (Å²) in [6, 6.07) is 6.13. The van der Waals surface area contributed by atoms with E-state index in [9.17, 15) is 9.59 Å². The van der Waals surface area contributed by atoms with Gasteiger partial charge in [0.15, 0.2) is 10.9 Å². The van der Waals surface area contributed by atoms with Crippen molar-refractivity contribution in [2.45, 2.75) is 37.9 Å². The Balaban J connectivity index is 1.74. The van der Waals surface area contributed by atoms with E-state index in [4.69, 9.17) is 0 Å². The Morgan fingerprint density at radius 3 is 2.90 bits per heavy atom. The molecule has 1 saturated carbocycles. The maximum absolute atomic E-state index is 12.3. The van der Waals surface area contributed by atoms with Crippen molar-refractivity contribution >= 4 is 17.5 Å². The standard InChI is InChI=1S/C15H17N3O2S/c1-9-3-4-10(2)12(7-9)13(19)8-21-15-17-16-14(20)18(15)11-5-6-11/h3-4,7,11H,5-6,8H2,1-2H3,(H,16,20). The molecule has 21 heavy (non-hydrogen) atoms. The summed E-state index contributed by atoms with van der Waals surface area (Å²) in [5.74, 6) is 0.361. The molecule has 1 heterocycles. The van der Waals surface area contributed by atoms with E-state index in [1.54, 1.807) is 4.57 Å². The van der Waals surface area contributed by atoms with Crippen LogP contribution in [-0.2, 0) is 0 Å². The topological polar surface area (TPSA) is 67.8 Å². The minimum atomic E-state index is -0.181. The van der Waals surface area contributed by atoms with Crippen molar-refractivity contribution < 1.29 is 4.79 Å². The zero-order valence-corrected chi connectivity index (χ0v) is 12.9. The Bertz CT molecular complexity index is 744. The second-order valence-corrected chi connectivity index (χ2v) is 6.39. The summed E-state index contributed by atoms with van der Waals surface area (Å²) in [7, 11) is 0. The molecule has 1 N–H and O–H groups in total. The average Bonchev–Trinajstić information content (AvgIpc) is 3.22. The largest absolute Gasteiger partial charge is 0.344 e. The van der Waals surface area contributed by atoms with Crippen LogP contribution in [0.25, 0.3) is 0 Å². The SMILES string of the molecule is Cc1ccc(C)c(C(=O)CSc2n[nH]c(=O)n2C2CC2)c1. The van der Waals surface area contributed by atoms with Crippen LogP contribution in [0.1, 0.15) is 40.4 Å². The van der Waals surface area contributed by atoms with Crippen molar-refractivity contribution in [1.29, 1.82) is 0 Å². The van der Waals surface area contributed by atoms with Crippen LogP contribution in [0.4, 0.5) is 0 Å². The van der Waals surface area contributed by atoms with Crippen molar-refractivity contribution in [3.63, 3.8) is 0 Å². The molecule has 1 aromatic heterocycles. The van der Waals surface area contributed by atoms with Crippen LogP contribution in [0.15, 0.2) is 28.2 Å². The molecule has 0 bridgehead atoms. The number of carbonyl (C=O) groups excluding carboxylic acids is 1. The Hall–Kier alpha value is -1.82. The molecule has 0 radical (unpaired) electrons. The van der Waals surface area contributed by atoms with Crippen LogP contribution in [0.5, 0.6) is 0 Å². The van der Waals surface area contributed by atoms with Gasteiger partial charge in [0.1, 0.15) is 0 Å². The molecule has 1 aliphatic rings. The van der Waals surface area contributed by atoms with Gasteiger partial charge in [0.05, 0.1) is 5.75 Å². The highest BCUT2D eigenvalue weighted by Crippen LogP contribution is 2.36. The molecule has 1 aromatic carbocycles. The number of Topliss-reactive ketones (excluding diaryl/α,β-unsaturated/α-hetero) is 1. The van der Waals surface area contributed by atoms with Crippen LogP contribution < -0.4 is 5.69 Å². The lowest BCUT2D eigenvalue weighted by Gasteiger charge is -2.06. The Morgan fingerprint density at radius 1 is 1.43 bits per heavy atom. The van der Waals surface area contributed by atoms with E-state index in [0.29, 0.717) is 10.9 Å². The van der Waals surface area contributed by atoms with E-state index < -0.39 is 0 Å². The van der Waals surface area contributed by atoms with E-state index in [1.165, 1.54) is 11.8 Å². The molecule has 1 aliphatic carbocycles. The summed E-state index contributed by atoms with van der Waals surface area (Å²) >= 11 is 1.32. The van der Waals surface area contributed by atoms with Gasteiger partial charge in [-0.25, -0.2) is 9.89 Å². The van der Waals surface area contributed by atoms with Gasteiger partial charge in [0, 0.05) is 11.6 Å². The minimum Gasteiger partial charge on any atom is -0.293 e. The fourth-order valence-electron chi connectivity index (χ4n) is 2.29. The first-order valence-corrected chi connectivity index (χ1v) is 7.95. The summed E-state index contributed by atoms with van der Waals surface area (Å²) in [6.45, 7) is 3.91. The number of hydrogen-bond donors (Lipinski definition) is 1. The highest BCUT2D eigenvalue weighted by atomic mass is 32.2. The summed E-state index contributed by atoms with van der Waals surface area (Å²) in [6.07, 6.45) is 2.02. The summed E-state index contributed by atoms with van der Waals surface area (Å²) < 4.78 is 1.67. The van der Waals surface area contributed by atoms with Crippen molar-refractivity contribution in [3.05, 3.63) is 45.4 Å². The van der Waals surface area contributed by atoms with Crippen LogP contribution in [0.2, 0.25) is 0 Å². The first-order valence-electron chi connectivity index (χ1n) is 6.96. The van der Waals surface area contributed by atoms with Gasteiger partial charge >= 0.3 is 5.69 Å². The molecule has 0 unspecified atom stereocenters. The van der Waals surface area contributed by atoms with E-state index in [0.717, 1.165) is 29.5 Å². The highest BCUT2D eigenvalue weighted by molar-refractivity contribution is 7.99. The lowest BCUT2D eigenvalue weighted by atomic mass is 10.0. The molecule has 5 nitrogen and oxygen atoms in total. The number of benzene rings is 1. The molecule has 0 atom stereocenters. The Labute approximate surface area is 126 Å². The lowest BCUT2D eigenvalue weighted by molar-refractivity contribution is 0.102. The molecule has 2 aromatic rings. The van der Waals surface area contributed by atoms with Gasteiger partial charge < -0.3 is 0 Å². The molecular weight excluding hydrogens is 286 g/mol. The minimum absolute atomic E-state index is 0.0685. The number of rotatable bonds is 5. The van der Waals surface area contributed by atoms with Gasteiger partial charge in [-0.2, -0.15) is 0 Å². The number of H-pyrrole nitrogens is 1. The second-order valence-electron chi connectivity index (χ2n) is 5.44. The van der Waals surface area contributed by atoms with Gasteiger partial charge in [-0.1, -0.05) is 29.5 Å². The van der Waals surface area contributed by atoms with Gasteiger partial charge in [-0.3, -0.25) is 9.36 Å². The van der Waals surface area contributed by atoms with Gasteiger partial charge in [0.2, 0.25) is 0 Å². The van der Waals surface area contributed by atoms with Crippen molar-refractivity contribution in [2.24, 2.45) is 0 Å². The summed E-state index contributed by atoms with van der Waals surface area (Å²) in [5, 5.41) is 7.10. The third-order valence-corrected chi connectivity index (χ3v) is 4.56. The van der Waals surface area contributed by atoms with E-state index in [-0.39, 0.29) is 17.5 Å². The fraction of sp³-hybridized carbons (Fsp3) is 0.400. The highest BCUT2D eigenvalue weighted by Gasteiger charge is 2.28. The van der Waals surface area contributed by atoms with Crippen molar-refractivity contribution in [1.82, 2.24) is 14.8 Å². The molecule has 1 fully saturated rings. The molecule has 6 heteroatoms. The zero-order valence-electron chi connectivity index (χ0n) is 12.0. The normalized spacial score (nSPS) is 14.4. The average molecular weight is 303 g/mol. The van der Waals surface area contributed by atoms with Crippen LogP contribution in [0, 0.1) is 13.8 Å². The molecule has 0 saturated heterocycles. The molecule has 0 spiro atoms. The van der Waals surface area contributed by atoms with Gasteiger partial charge in [0.25, 0.3) is 0 Å². The third-order valence-electron chi connectivity index (χ3n) is 3.61. The Morgan fingerprint density at radius 2 is 2.19 bits per heavy atom. The number of aromatic amines is 1. The van der Waals surface area contributed by atoms with Gasteiger partial charge in [-0.15, -0.1) is 5.10 Å². The van der Waals surface area contributed by atoms with E-state index >= 15 is 0 Å². The maximum atomic E-state index is 12.3. The number of aromatic nitrogens is 3. The third kappa shape index (κ3) is 2.95. The number of nitrogens with zero attached hydrogens (tertiary/aromatic N) is 2. The number of thioether (sulfide) groups is 1. The molecule has 0 aliphatic heterocycles. The number of hydrogen-bond acceptors (Lipinski definition) is 4. The van der Waals surface area contributed by atoms with E-state index in [2.05, 4.69) is 10.2 Å². The quantitative estimate of drug-likeness (QED) is 0.680. The second kappa shape index (κ2) is 5.52. The molecule has 3 rings (SSSR count). The van der Waals surface area contributed by atoms with Crippen molar-refractivity contribution in [2.75, 3.05) is 5.75 Å². The summed E-state index contributed by atoms with van der Waals surface area (Å²) in [5.41, 5.74) is 2.62. The Kier molecular flexibility index (Phi) is 3.71. The van der Waals surface area contributed by atoms with Crippen LogP contribution in [-0.4, -0.2) is 26.3 Å². The molecule has 0 amide bonds. The van der Waals surface area contributed by atoms with E-state index in [1.807, 2.05) is 32.0 Å². The fourth-order valence-corrected chi connectivity index (χ4v) is 3.19. The maximum Gasteiger partial charge on any atom is 0.344 e. The number of carbonyl (C=O) groups is 1. The van der Waals surface area contributed by atoms with Gasteiger partial charge in [-0.05, 0) is 38.3 Å². The molecule has 110 valence electrons. The predicted octanol–water partition coefficient (Wildman–Crippen LogP) is 2.50. The lowest BCUT2D eigenvalue weighted by Crippen LogP contribution is -2.16. The smallest absolute Gasteiger partial charge is 0.293 e. The first-order chi connectivity index (χ1) is 10.1. The predicted molar refractivity (Wildman–Crippen MR) is 82.1 cm³/mol. The number of nitrogens with one attached hydrogen (secondary N) is 1. The van der Waals surface area contributed by atoms with Crippen LogP contribution in [0.3, 0.4) is 0 Å². The number of aryl methyl sites for hydroxylation is 2. The number of ketones is 1. The summed E-state index contributed by atoms with van der Waals surface area (Å²) in [4.78, 5) is 24.0. The first kappa shape index (κ1) is 14.1. The van der Waals surface area contributed by atoms with Crippen molar-refractivity contribution in [3.8, 4) is 0 Å². The zero-order chi connectivity index (χ0) is 15.0. The van der Waals surface area contributed by atoms with Crippen LogP contribution >= 0.6 is 11.8 Å². The monoisotopic (exact) mass is 303 g/mol. The molecular formula is C15H17N3O2S.